The first-order valence-corrected chi connectivity index (χ1v) is 9.82. The Morgan fingerprint density at radius 3 is 2.68 bits per heavy atom. The highest BCUT2D eigenvalue weighted by atomic mass is 127. The fourth-order valence-electron chi connectivity index (χ4n) is 2.88. The standard InChI is InChI=1S/C17H29ClN4OS.HI/c1-5-19-17(20-8-14(23)15-6-7-16(18)24-15)21-13-10-22(11(2)3)9-12(13)4;/h6-7,11-14,23H,5,8-10H2,1-4H3,(H2,19,20,21);1H. The second-order valence-electron chi connectivity index (χ2n) is 6.65. The van der Waals surface area contributed by atoms with Gasteiger partial charge in [-0.25, -0.2) is 0 Å². The first-order chi connectivity index (χ1) is 11.4. The minimum Gasteiger partial charge on any atom is -0.386 e. The van der Waals surface area contributed by atoms with Crippen LogP contribution in [0.3, 0.4) is 0 Å². The number of thiophene rings is 1. The maximum absolute atomic E-state index is 10.3. The molecule has 0 bridgehead atoms. The molecule has 0 aliphatic carbocycles. The molecule has 1 aliphatic rings. The highest BCUT2D eigenvalue weighted by molar-refractivity contribution is 14.0. The predicted octanol–water partition coefficient (Wildman–Crippen LogP) is 3.34. The van der Waals surface area contributed by atoms with Gasteiger partial charge in [-0.2, -0.15) is 0 Å². The molecular weight excluding hydrogens is 471 g/mol. The van der Waals surface area contributed by atoms with E-state index < -0.39 is 6.10 Å². The van der Waals surface area contributed by atoms with Crippen molar-refractivity contribution < 1.29 is 5.11 Å². The van der Waals surface area contributed by atoms with Crippen LogP contribution in [-0.4, -0.2) is 54.2 Å². The molecule has 1 aromatic heterocycles. The maximum Gasteiger partial charge on any atom is 0.191 e. The lowest BCUT2D eigenvalue weighted by Crippen LogP contribution is -2.47. The van der Waals surface area contributed by atoms with E-state index in [0.29, 0.717) is 28.9 Å². The third kappa shape index (κ3) is 6.86. The zero-order chi connectivity index (χ0) is 17.7. The summed E-state index contributed by atoms with van der Waals surface area (Å²) >= 11 is 7.32. The summed E-state index contributed by atoms with van der Waals surface area (Å²) in [5, 5.41) is 17.1. The number of aliphatic hydroxyl groups is 1. The molecule has 0 spiro atoms. The van der Waals surface area contributed by atoms with Gasteiger partial charge in [-0.1, -0.05) is 18.5 Å². The monoisotopic (exact) mass is 500 g/mol. The number of nitrogens with one attached hydrogen (secondary N) is 2. The van der Waals surface area contributed by atoms with Crippen LogP contribution in [0.5, 0.6) is 0 Å². The summed E-state index contributed by atoms with van der Waals surface area (Å²) in [5.41, 5.74) is 0. The smallest absolute Gasteiger partial charge is 0.191 e. The van der Waals surface area contributed by atoms with Gasteiger partial charge in [0.2, 0.25) is 0 Å². The lowest BCUT2D eigenvalue weighted by Gasteiger charge is -2.22. The van der Waals surface area contributed by atoms with Crippen LogP contribution >= 0.6 is 46.9 Å². The molecule has 0 saturated carbocycles. The molecule has 144 valence electrons. The normalized spacial score (nSPS) is 22.8. The van der Waals surface area contributed by atoms with Gasteiger partial charge in [0.25, 0.3) is 0 Å². The van der Waals surface area contributed by atoms with E-state index in [-0.39, 0.29) is 24.0 Å². The summed E-state index contributed by atoms with van der Waals surface area (Å²) in [5.74, 6) is 1.33. The largest absolute Gasteiger partial charge is 0.386 e. The molecule has 2 heterocycles. The molecule has 8 heteroatoms. The van der Waals surface area contributed by atoms with Gasteiger partial charge in [-0.3, -0.25) is 9.89 Å². The number of hydrogen-bond acceptors (Lipinski definition) is 4. The van der Waals surface area contributed by atoms with E-state index in [9.17, 15) is 5.11 Å². The van der Waals surface area contributed by atoms with E-state index in [1.165, 1.54) is 11.3 Å². The summed E-state index contributed by atoms with van der Waals surface area (Å²) in [6.07, 6.45) is -0.619. The Kier molecular flexibility index (Phi) is 10.0. The van der Waals surface area contributed by atoms with Crippen LogP contribution in [0.15, 0.2) is 17.1 Å². The Labute approximate surface area is 177 Å². The SMILES string of the molecule is CCNC(=NCC(O)c1ccc(Cl)s1)NC1CN(C(C)C)CC1C.I. The van der Waals surface area contributed by atoms with Gasteiger partial charge in [-0.05, 0) is 38.8 Å². The van der Waals surface area contributed by atoms with E-state index in [1.54, 1.807) is 6.07 Å². The topological polar surface area (TPSA) is 59.9 Å². The van der Waals surface area contributed by atoms with Gasteiger partial charge >= 0.3 is 0 Å². The number of guanidine groups is 1. The average Bonchev–Trinajstić information content (AvgIpc) is 3.11. The van der Waals surface area contributed by atoms with Crippen LogP contribution in [0.2, 0.25) is 4.34 Å². The van der Waals surface area contributed by atoms with Gasteiger partial charge in [0.05, 0.1) is 10.9 Å². The second-order valence-corrected chi connectivity index (χ2v) is 8.40. The molecule has 0 radical (unpaired) electrons. The Bertz CT molecular complexity index is 555. The molecule has 0 amide bonds. The molecular formula is C17H30ClIN4OS. The Morgan fingerprint density at radius 2 is 2.16 bits per heavy atom. The van der Waals surface area contributed by atoms with Crippen molar-refractivity contribution in [1.82, 2.24) is 15.5 Å². The molecule has 3 N–H and O–H groups in total. The third-order valence-electron chi connectivity index (χ3n) is 4.38. The number of halogens is 2. The second kappa shape index (κ2) is 10.9. The first-order valence-electron chi connectivity index (χ1n) is 8.62. The van der Waals surface area contributed by atoms with Gasteiger partial charge in [0.15, 0.2) is 5.96 Å². The van der Waals surface area contributed by atoms with Crippen LogP contribution in [0.25, 0.3) is 0 Å². The molecule has 3 atom stereocenters. The molecule has 1 aromatic rings. The third-order valence-corrected chi connectivity index (χ3v) is 5.71. The summed E-state index contributed by atoms with van der Waals surface area (Å²) in [6.45, 7) is 12.0. The Morgan fingerprint density at radius 1 is 1.44 bits per heavy atom. The molecule has 0 aromatic carbocycles. The number of nitrogens with zero attached hydrogens (tertiary/aromatic N) is 2. The Hall–Kier alpha value is -0.0900. The average molecular weight is 501 g/mol. The number of rotatable bonds is 6. The van der Waals surface area contributed by atoms with E-state index in [1.807, 2.05) is 13.0 Å². The fourth-order valence-corrected chi connectivity index (χ4v) is 3.92. The van der Waals surface area contributed by atoms with Crippen molar-refractivity contribution in [2.24, 2.45) is 10.9 Å². The molecule has 25 heavy (non-hydrogen) atoms. The predicted molar refractivity (Wildman–Crippen MR) is 118 cm³/mol. The van der Waals surface area contributed by atoms with E-state index in [4.69, 9.17) is 11.6 Å². The van der Waals surface area contributed by atoms with Gasteiger partial charge in [-0.15, -0.1) is 35.3 Å². The number of hydrogen-bond donors (Lipinski definition) is 3. The molecule has 3 unspecified atom stereocenters. The lowest BCUT2D eigenvalue weighted by molar-refractivity contribution is 0.191. The van der Waals surface area contributed by atoms with Crippen LogP contribution in [0.1, 0.15) is 38.7 Å². The molecule has 1 aliphatic heterocycles. The van der Waals surface area contributed by atoms with Crippen molar-refractivity contribution in [3.63, 3.8) is 0 Å². The Balaban J connectivity index is 0.00000312. The van der Waals surface area contributed by atoms with Crippen LogP contribution < -0.4 is 10.6 Å². The van der Waals surface area contributed by atoms with Crippen molar-refractivity contribution in [1.29, 1.82) is 0 Å². The van der Waals surface area contributed by atoms with Crippen LogP contribution in [0, 0.1) is 5.92 Å². The number of aliphatic hydroxyl groups excluding tert-OH is 1. The number of aliphatic imine (C=N–C) groups is 1. The molecule has 1 fully saturated rings. The van der Waals surface area contributed by atoms with Crippen LogP contribution in [-0.2, 0) is 0 Å². The summed E-state index contributed by atoms with van der Waals surface area (Å²) < 4.78 is 0.687. The van der Waals surface area contributed by atoms with Crippen molar-refractivity contribution in [3.8, 4) is 0 Å². The minimum atomic E-state index is -0.619. The van der Waals surface area contributed by atoms with Crippen molar-refractivity contribution in [2.45, 2.75) is 45.9 Å². The molecule has 5 nitrogen and oxygen atoms in total. The number of likely N-dealkylation sites (tertiary alicyclic amines) is 1. The maximum atomic E-state index is 10.3. The summed E-state index contributed by atoms with van der Waals surface area (Å²) in [7, 11) is 0. The van der Waals surface area contributed by atoms with Crippen molar-refractivity contribution >= 4 is 52.9 Å². The van der Waals surface area contributed by atoms with Gasteiger partial charge in [0.1, 0.15) is 6.10 Å². The van der Waals surface area contributed by atoms with E-state index in [0.717, 1.165) is 30.5 Å². The minimum absolute atomic E-state index is 0. The summed E-state index contributed by atoms with van der Waals surface area (Å²) in [4.78, 5) is 7.88. The highest BCUT2D eigenvalue weighted by Crippen LogP contribution is 2.27. The van der Waals surface area contributed by atoms with Gasteiger partial charge in [0, 0.05) is 36.6 Å². The molecule has 1 saturated heterocycles. The quantitative estimate of drug-likeness (QED) is 0.319. The fraction of sp³-hybridized carbons (Fsp3) is 0.706. The van der Waals surface area contributed by atoms with E-state index >= 15 is 0 Å². The van der Waals surface area contributed by atoms with Crippen molar-refractivity contribution in [2.75, 3.05) is 26.2 Å². The zero-order valence-electron chi connectivity index (χ0n) is 15.3. The zero-order valence-corrected chi connectivity index (χ0v) is 19.2. The van der Waals surface area contributed by atoms with Crippen molar-refractivity contribution in [3.05, 3.63) is 21.3 Å². The first kappa shape index (κ1) is 23.0. The van der Waals surface area contributed by atoms with Gasteiger partial charge < -0.3 is 15.7 Å². The lowest BCUT2D eigenvalue weighted by atomic mass is 10.1. The molecule has 2 rings (SSSR count). The highest BCUT2D eigenvalue weighted by Gasteiger charge is 2.31. The van der Waals surface area contributed by atoms with E-state index in [2.05, 4.69) is 41.3 Å². The summed E-state index contributed by atoms with van der Waals surface area (Å²) in [6, 6.07) is 4.59. The van der Waals surface area contributed by atoms with Crippen LogP contribution in [0.4, 0.5) is 0 Å².